The third kappa shape index (κ3) is 0.797. The van der Waals surface area contributed by atoms with Crippen molar-refractivity contribution in [3.8, 4) is 0 Å². The van der Waals surface area contributed by atoms with Crippen LogP contribution in [0.25, 0.3) is 17.1 Å². The van der Waals surface area contributed by atoms with Crippen LogP contribution in [0.5, 0.6) is 0 Å². The molecule has 0 spiro atoms. The molecule has 2 N–H and O–H groups in total. The van der Waals surface area contributed by atoms with Gasteiger partial charge in [-0.2, -0.15) is 5.10 Å². The molecule has 2 aromatic rings. The Morgan fingerprint density at radius 2 is 2.33 bits per heavy atom. The number of nitrogens with zero attached hydrogens (tertiary/aromatic N) is 2. The number of hydrogen-bond acceptors (Lipinski definition) is 2. The van der Waals surface area contributed by atoms with E-state index in [9.17, 15) is 0 Å². The van der Waals surface area contributed by atoms with E-state index < -0.39 is 0 Å². The van der Waals surface area contributed by atoms with Crippen LogP contribution in [0.4, 0.5) is 5.69 Å². The molecule has 0 fully saturated rings. The molecule has 12 heavy (non-hydrogen) atoms. The highest BCUT2D eigenvalue weighted by Gasteiger charge is 2.01. The predicted octanol–water partition coefficient (Wildman–Crippen LogP) is 1.72. The average molecular weight is 159 g/mol. The molecule has 1 aromatic heterocycles. The van der Waals surface area contributed by atoms with Crippen LogP contribution in [0.2, 0.25) is 0 Å². The number of fused-ring (bicyclic) bond motifs is 1. The number of hydrogen-bond donors (Lipinski definition) is 1. The third-order valence-electron chi connectivity index (χ3n) is 1.82. The first kappa shape index (κ1) is 6.91. The molecule has 0 saturated heterocycles. The van der Waals surface area contributed by atoms with Crippen LogP contribution in [-0.2, 0) is 0 Å². The number of nitrogen functional groups attached to an aromatic ring is 1. The van der Waals surface area contributed by atoms with E-state index in [1.807, 2.05) is 18.2 Å². The highest BCUT2D eigenvalue weighted by Crippen LogP contribution is 2.19. The Balaban J connectivity index is 2.91. The van der Waals surface area contributed by atoms with E-state index in [2.05, 4.69) is 11.7 Å². The first-order valence-corrected chi connectivity index (χ1v) is 3.67. The maximum absolute atomic E-state index is 5.77. The quantitative estimate of drug-likeness (QED) is 0.644. The molecular weight excluding hydrogens is 150 g/mol. The molecule has 0 atom stereocenters. The van der Waals surface area contributed by atoms with Gasteiger partial charge in [0.05, 0.1) is 17.4 Å². The second-order valence-corrected chi connectivity index (χ2v) is 2.56. The van der Waals surface area contributed by atoms with E-state index in [-0.39, 0.29) is 0 Å². The van der Waals surface area contributed by atoms with Crippen molar-refractivity contribution in [2.24, 2.45) is 0 Å². The van der Waals surface area contributed by atoms with Crippen molar-refractivity contribution in [1.82, 2.24) is 9.78 Å². The Morgan fingerprint density at radius 3 is 3.08 bits per heavy atom. The molecule has 3 heteroatoms. The molecule has 2 rings (SSSR count). The summed E-state index contributed by atoms with van der Waals surface area (Å²) in [5.41, 5.74) is 7.42. The Kier molecular flexibility index (Phi) is 1.37. The molecule has 0 aliphatic heterocycles. The lowest BCUT2D eigenvalue weighted by atomic mass is 10.2. The number of benzene rings is 1. The average Bonchev–Trinajstić information content (AvgIpc) is 2.49. The van der Waals surface area contributed by atoms with E-state index in [1.165, 1.54) is 0 Å². The minimum absolute atomic E-state index is 0.727. The zero-order valence-corrected chi connectivity index (χ0v) is 6.57. The van der Waals surface area contributed by atoms with Crippen molar-refractivity contribution >= 4 is 22.8 Å². The minimum Gasteiger partial charge on any atom is -0.397 e. The van der Waals surface area contributed by atoms with Gasteiger partial charge in [0.1, 0.15) is 0 Å². The van der Waals surface area contributed by atoms with Gasteiger partial charge in [0, 0.05) is 11.6 Å². The number of para-hydroxylation sites is 1. The van der Waals surface area contributed by atoms with Gasteiger partial charge in [0.2, 0.25) is 0 Å². The van der Waals surface area contributed by atoms with Gasteiger partial charge in [0.25, 0.3) is 0 Å². The standard InChI is InChI=1S/C9H9N3/c1-2-12-9-7(6-11-12)4-3-5-8(9)10/h2-6H,1,10H2. The largest absolute Gasteiger partial charge is 0.397 e. The van der Waals surface area contributed by atoms with Gasteiger partial charge < -0.3 is 5.73 Å². The van der Waals surface area contributed by atoms with Crippen LogP contribution < -0.4 is 5.73 Å². The smallest absolute Gasteiger partial charge is 0.0962 e. The molecule has 0 amide bonds. The van der Waals surface area contributed by atoms with Gasteiger partial charge in [-0.3, -0.25) is 0 Å². The number of anilines is 1. The summed E-state index contributed by atoms with van der Waals surface area (Å²) in [5, 5.41) is 5.13. The molecule has 0 saturated carbocycles. The monoisotopic (exact) mass is 159 g/mol. The van der Waals surface area contributed by atoms with Crippen LogP contribution in [0.15, 0.2) is 31.0 Å². The predicted molar refractivity (Wildman–Crippen MR) is 50.5 cm³/mol. The molecular formula is C9H9N3. The van der Waals surface area contributed by atoms with Crippen molar-refractivity contribution in [3.05, 3.63) is 31.0 Å². The summed E-state index contributed by atoms with van der Waals surface area (Å²) < 4.78 is 1.67. The molecule has 0 bridgehead atoms. The summed E-state index contributed by atoms with van der Waals surface area (Å²) in [5.74, 6) is 0. The maximum atomic E-state index is 5.77. The van der Waals surface area contributed by atoms with Crippen LogP contribution in [0.1, 0.15) is 0 Å². The van der Waals surface area contributed by atoms with Gasteiger partial charge in [-0.15, -0.1) is 0 Å². The second kappa shape index (κ2) is 2.37. The van der Waals surface area contributed by atoms with Crippen LogP contribution in [-0.4, -0.2) is 9.78 Å². The summed E-state index contributed by atoms with van der Waals surface area (Å²) in [7, 11) is 0. The summed E-state index contributed by atoms with van der Waals surface area (Å²) in [6.07, 6.45) is 3.41. The van der Waals surface area contributed by atoms with Crippen LogP contribution in [0.3, 0.4) is 0 Å². The lowest BCUT2D eigenvalue weighted by molar-refractivity contribution is 0.969. The SMILES string of the molecule is C=Cn1ncc2cccc(N)c21. The fraction of sp³-hybridized carbons (Fsp3) is 0. The third-order valence-corrected chi connectivity index (χ3v) is 1.82. The summed E-state index contributed by atoms with van der Waals surface area (Å²) in [4.78, 5) is 0. The number of rotatable bonds is 1. The van der Waals surface area contributed by atoms with E-state index in [4.69, 9.17) is 5.73 Å². The van der Waals surface area contributed by atoms with Gasteiger partial charge >= 0.3 is 0 Å². The Morgan fingerprint density at radius 1 is 1.50 bits per heavy atom. The van der Waals surface area contributed by atoms with Gasteiger partial charge in [-0.05, 0) is 6.07 Å². The highest BCUT2D eigenvalue weighted by molar-refractivity contribution is 5.90. The minimum atomic E-state index is 0.727. The fourth-order valence-corrected chi connectivity index (χ4v) is 1.27. The molecule has 3 nitrogen and oxygen atoms in total. The Labute approximate surface area is 70.1 Å². The maximum Gasteiger partial charge on any atom is 0.0962 e. The van der Waals surface area contributed by atoms with Gasteiger partial charge in [-0.1, -0.05) is 18.7 Å². The zero-order chi connectivity index (χ0) is 8.55. The van der Waals surface area contributed by atoms with Crippen molar-refractivity contribution in [2.75, 3.05) is 5.73 Å². The first-order chi connectivity index (χ1) is 5.83. The lowest BCUT2D eigenvalue weighted by Crippen LogP contribution is -1.92. The van der Waals surface area contributed by atoms with E-state index in [1.54, 1.807) is 17.1 Å². The molecule has 0 aliphatic rings. The van der Waals surface area contributed by atoms with Crippen molar-refractivity contribution in [3.63, 3.8) is 0 Å². The van der Waals surface area contributed by atoms with Crippen molar-refractivity contribution < 1.29 is 0 Å². The van der Waals surface area contributed by atoms with Crippen molar-refractivity contribution in [2.45, 2.75) is 0 Å². The normalized spacial score (nSPS) is 10.3. The second-order valence-electron chi connectivity index (χ2n) is 2.56. The van der Waals surface area contributed by atoms with Gasteiger partial charge in [0.15, 0.2) is 0 Å². The molecule has 1 aromatic carbocycles. The Hall–Kier alpha value is -1.77. The summed E-state index contributed by atoms with van der Waals surface area (Å²) in [6.45, 7) is 3.64. The molecule has 0 aliphatic carbocycles. The van der Waals surface area contributed by atoms with Crippen LogP contribution >= 0.6 is 0 Å². The first-order valence-electron chi connectivity index (χ1n) is 3.67. The van der Waals surface area contributed by atoms with E-state index in [0.29, 0.717) is 0 Å². The molecule has 1 heterocycles. The number of nitrogens with two attached hydrogens (primary N) is 1. The molecule has 0 unspecified atom stereocenters. The zero-order valence-electron chi connectivity index (χ0n) is 6.57. The van der Waals surface area contributed by atoms with E-state index in [0.717, 1.165) is 16.6 Å². The molecule has 60 valence electrons. The van der Waals surface area contributed by atoms with Crippen molar-refractivity contribution in [1.29, 1.82) is 0 Å². The van der Waals surface area contributed by atoms with Crippen LogP contribution in [0, 0.1) is 0 Å². The summed E-state index contributed by atoms with van der Waals surface area (Å²) in [6, 6.07) is 5.73. The lowest BCUT2D eigenvalue weighted by Gasteiger charge is -1.97. The summed E-state index contributed by atoms with van der Waals surface area (Å²) >= 11 is 0. The highest BCUT2D eigenvalue weighted by atomic mass is 15.3. The topological polar surface area (TPSA) is 43.8 Å². The van der Waals surface area contributed by atoms with E-state index >= 15 is 0 Å². The Bertz CT molecular complexity index is 428. The molecule has 0 radical (unpaired) electrons. The number of aromatic nitrogens is 2. The fourth-order valence-electron chi connectivity index (χ4n) is 1.27. The van der Waals surface area contributed by atoms with Gasteiger partial charge in [-0.25, -0.2) is 4.68 Å².